The van der Waals surface area contributed by atoms with Gasteiger partial charge >= 0.3 is 0 Å². The van der Waals surface area contributed by atoms with Crippen molar-refractivity contribution in [2.75, 3.05) is 16.9 Å². The molecule has 0 aliphatic carbocycles. The van der Waals surface area contributed by atoms with E-state index in [0.717, 1.165) is 11.3 Å². The van der Waals surface area contributed by atoms with E-state index in [1.807, 2.05) is 32.0 Å². The van der Waals surface area contributed by atoms with Gasteiger partial charge in [0.25, 0.3) is 5.91 Å². The molecule has 2 aromatic rings. The van der Waals surface area contributed by atoms with Crippen LogP contribution in [0, 0.1) is 13.8 Å². The fourth-order valence-corrected chi connectivity index (χ4v) is 3.62. The molecule has 0 bridgehead atoms. The molecule has 0 saturated carbocycles. The number of amides is 2. The number of carbonyl (C=O) groups excluding carboxylic acids is 2. The molecule has 1 aliphatic heterocycles. The van der Waals surface area contributed by atoms with Gasteiger partial charge in [-0.05, 0) is 37.1 Å². The van der Waals surface area contributed by atoms with Crippen molar-refractivity contribution in [1.29, 1.82) is 0 Å². The predicted octanol–water partition coefficient (Wildman–Crippen LogP) is 2.25. The van der Waals surface area contributed by atoms with Gasteiger partial charge in [-0.1, -0.05) is 6.07 Å². The van der Waals surface area contributed by atoms with Crippen LogP contribution in [0.3, 0.4) is 0 Å². The normalized spacial score (nSPS) is 16.9. The minimum atomic E-state index is -0.508. The van der Waals surface area contributed by atoms with E-state index in [1.54, 1.807) is 16.7 Å². The summed E-state index contributed by atoms with van der Waals surface area (Å²) in [5.74, 6) is 0.595. The Balaban J connectivity index is 1.74. The Labute approximate surface area is 144 Å². The average molecular weight is 342 g/mol. The zero-order chi connectivity index (χ0) is 17.1. The first kappa shape index (κ1) is 16.4. The second-order valence-electron chi connectivity index (χ2n) is 5.67. The summed E-state index contributed by atoms with van der Waals surface area (Å²) >= 11 is 1.55. The summed E-state index contributed by atoms with van der Waals surface area (Å²) in [5, 5.41) is 2.91. The average Bonchev–Trinajstić information content (AvgIpc) is 3.08. The van der Waals surface area contributed by atoms with Crippen molar-refractivity contribution in [1.82, 2.24) is 14.9 Å². The van der Waals surface area contributed by atoms with Crippen molar-refractivity contribution in [2.24, 2.45) is 0 Å². The van der Waals surface area contributed by atoms with Gasteiger partial charge in [-0.15, -0.1) is 11.8 Å². The van der Waals surface area contributed by atoms with Gasteiger partial charge in [-0.3, -0.25) is 14.6 Å². The summed E-state index contributed by atoms with van der Waals surface area (Å²) in [4.78, 5) is 34.6. The van der Waals surface area contributed by atoms with Crippen LogP contribution >= 0.6 is 11.8 Å². The van der Waals surface area contributed by atoms with Gasteiger partial charge in [0.1, 0.15) is 11.7 Å². The topological polar surface area (TPSA) is 75.2 Å². The highest BCUT2D eigenvalue weighted by molar-refractivity contribution is 7.99. The van der Waals surface area contributed by atoms with E-state index in [9.17, 15) is 9.59 Å². The highest BCUT2D eigenvalue weighted by atomic mass is 32.2. The molecular weight excluding hydrogens is 324 g/mol. The van der Waals surface area contributed by atoms with Gasteiger partial charge < -0.3 is 10.2 Å². The molecule has 1 aliphatic rings. The van der Waals surface area contributed by atoms with Gasteiger partial charge in [0, 0.05) is 23.8 Å². The molecule has 1 aromatic carbocycles. The number of hydrogen-bond donors (Lipinski definition) is 1. The first-order valence-corrected chi connectivity index (χ1v) is 8.74. The number of hydrogen-bond acceptors (Lipinski definition) is 5. The molecular formula is C17H18N4O2S. The van der Waals surface area contributed by atoms with Crippen LogP contribution in [0.15, 0.2) is 36.8 Å². The molecule has 0 radical (unpaired) electrons. The molecule has 7 heteroatoms. The molecule has 0 spiro atoms. The maximum absolute atomic E-state index is 12.6. The van der Waals surface area contributed by atoms with Crippen LogP contribution < -0.4 is 5.32 Å². The van der Waals surface area contributed by atoms with Crippen LogP contribution in [0.25, 0.3) is 0 Å². The Morgan fingerprint density at radius 1 is 1.25 bits per heavy atom. The lowest BCUT2D eigenvalue weighted by Gasteiger charge is -2.22. The third-order valence-electron chi connectivity index (χ3n) is 4.00. The lowest BCUT2D eigenvalue weighted by atomic mass is 10.1. The van der Waals surface area contributed by atoms with E-state index < -0.39 is 6.04 Å². The number of thioether (sulfide) groups is 1. The van der Waals surface area contributed by atoms with Gasteiger partial charge in [0.2, 0.25) is 5.91 Å². The van der Waals surface area contributed by atoms with E-state index >= 15 is 0 Å². The quantitative estimate of drug-likeness (QED) is 0.926. The number of nitrogens with zero attached hydrogens (tertiary/aromatic N) is 3. The lowest BCUT2D eigenvalue weighted by Crippen LogP contribution is -2.44. The summed E-state index contributed by atoms with van der Waals surface area (Å²) in [5.41, 5.74) is 3.28. The Morgan fingerprint density at radius 2 is 2.08 bits per heavy atom. The molecule has 1 atom stereocenters. The van der Waals surface area contributed by atoms with Crippen molar-refractivity contribution in [3.05, 3.63) is 53.6 Å². The number of aryl methyl sites for hydroxylation is 2. The molecule has 1 fully saturated rings. The SMILES string of the molecule is Cc1ccc(NC(=O)[C@H]2CSCN2C(=O)c2cnccn2)cc1C. The maximum atomic E-state index is 12.6. The molecule has 1 N–H and O–H groups in total. The maximum Gasteiger partial charge on any atom is 0.275 e. The Hall–Kier alpha value is -2.41. The van der Waals surface area contributed by atoms with E-state index in [2.05, 4.69) is 15.3 Å². The smallest absolute Gasteiger partial charge is 0.275 e. The Morgan fingerprint density at radius 3 is 2.79 bits per heavy atom. The first-order valence-electron chi connectivity index (χ1n) is 7.59. The second kappa shape index (κ2) is 7.00. The fourth-order valence-electron chi connectivity index (χ4n) is 2.46. The van der Waals surface area contributed by atoms with Crippen LogP contribution in [0.2, 0.25) is 0 Å². The van der Waals surface area contributed by atoms with Gasteiger partial charge in [-0.25, -0.2) is 4.98 Å². The molecule has 3 rings (SSSR count). The molecule has 2 heterocycles. The predicted molar refractivity (Wildman–Crippen MR) is 93.9 cm³/mol. The summed E-state index contributed by atoms with van der Waals surface area (Å²) in [6.45, 7) is 4.02. The summed E-state index contributed by atoms with van der Waals surface area (Å²) < 4.78 is 0. The summed E-state index contributed by atoms with van der Waals surface area (Å²) in [6, 6.07) is 5.27. The van der Waals surface area contributed by atoms with Crippen molar-refractivity contribution in [3.8, 4) is 0 Å². The lowest BCUT2D eigenvalue weighted by molar-refractivity contribution is -0.119. The minimum Gasteiger partial charge on any atom is -0.324 e. The standard InChI is InChI=1S/C17H18N4O2S/c1-11-3-4-13(7-12(11)2)20-16(22)15-9-24-10-21(15)17(23)14-8-18-5-6-19-14/h3-8,15H,9-10H2,1-2H3,(H,20,22)/t15-/m1/s1. The van der Waals surface area contributed by atoms with Crippen LogP contribution in [-0.2, 0) is 4.79 Å². The van der Waals surface area contributed by atoms with E-state index in [0.29, 0.717) is 11.6 Å². The molecule has 24 heavy (non-hydrogen) atoms. The number of nitrogens with one attached hydrogen (secondary N) is 1. The van der Waals surface area contributed by atoms with Crippen LogP contribution in [0.1, 0.15) is 21.6 Å². The van der Waals surface area contributed by atoms with E-state index in [1.165, 1.54) is 24.2 Å². The van der Waals surface area contributed by atoms with Gasteiger partial charge in [0.15, 0.2) is 0 Å². The zero-order valence-corrected chi connectivity index (χ0v) is 14.3. The van der Waals surface area contributed by atoms with Crippen molar-refractivity contribution >= 4 is 29.3 Å². The van der Waals surface area contributed by atoms with E-state index in [-0.39, 0.29) is 17.5 Å². The van der Waals surface area contributed by atoms with Crippen LogP contribution in [0.4, 0.5) is 5.69 Å². The van der Waals surface area contributed by atoms with Crippen molar-refractivity contribution in [3.63, 3.8) is 0 Å². The zero-order valence-electron chi connectivity index (χ0n) is 13.5. The molecule has 2 amide bonds. The molecule has 124 valence electrons. The first-order chi connectivity index (χ1) is 11.6. The molecule has 6 nitrogen and oxygen atoms in total. The Kier molecular flexibility index (Phi) is 4.80. The second-order valence-corrected chi connectivity index (χ2v) is 6.67. The third kappa shape index (κ3) is 3.41. The number of carbonyl (C=O) groups is 2. The molecule has 0 unspecified atom stereocenters. The molecule has 1 aromatic heterocycles. The van der Waals surface area contributed by atoms with Crippen molar-refractivity contribution < 1.29 is 9.59 Å². The highest BCUT2D eigenvalue weighted by Crippen LogP contribution is 2.24. The Bertz CT molecular complexity index is 766. The minimum absolute atomic E-state index is 0.180. The fraction of sp³-hybridized carbons (Fsp3) is 0.294. The largest absolute Gasteiger partial charge is 0.324 e. The summed E-state index contributed by atoms with van der Waals surface area (Å²) in [6.07, 6.45) is 4.41. The number of aromatic nitrogens is 2. The number of anilines is 1. The van der Waals surface area contributed by atoms with Crippen LogP contribution in [0.5, 0.6) is 0 Å². The highest BCUT2D eigenvalue weighted by Gasteiger charge is 2.35. The van der Waals surface area contributed by atoms with Gasteiger partial charge in [-0.2, -0.15) is 0 Å². The van der Waals surface area contributed by atoms with Crippen molar-refractivity contribution in [2.45, 2.75) is 19.9 Å². The van der Waals surface area contributed by atoms with E-state index in [4.69, 9.17) is 0 Å². The molecule has 1 saturated heterocycles. The number of rotatable bonds is 3. The monoisotopic (exact) mass is 342 g/mol. The van der Waals surface area contributed by atoms with Gasteiger partial charge in [0.05, 0.1) is 12.1 Å². The summed E-state index contributed by atoms with van der Waals surface area (Å²) in [7, 11) is 0. The third-order valence-corrected chi connectivity index (χ3v) is 5.01. The van der Waals surface area contributed by atoms with Crippen LogP contribution in [-0.4, -0.2) is 44.4 Å². The number of benzene rings is 1.